The van der Waals surface area contributed by atoms with E-state index in [-0.39, 0.29) is 0 Å². The van der Waals surface area contributed by atoms with Crippen molar-refractivity contribution in [3.63, 3.8) is 0 Å². The third-order valence-corrected chi connectivity index (χ3v) is 3.28. The van der Waals surface area contributed by atoms with Crippen molar-refractivity contribution in [1.82, 2.24) is 0 Å². The van der Waals surface area contributed by atoms with Crippen molar-refractivity contribution in [2.75, 3.05) is 0 Å². The lowest BCUT2D eigenvalue weighted by atomic mass is 10.1. The average molecular weight is 219 g/mol. The predicted molar refractivity (Wildman–Crippen MR) is 56.3 cm³/mol. The minimum absolute atomic E-state index is 0.336. The van der Waals surface area contributed by atoms with Gasteiger partial charge < -0.3 is 0 Å². The molecule has 66 valence electrons. The predicted octanol–water partition coefficient (Wildman–Crippen LogP) is 3.30. The fourth-order valence-corrected chi connectivity index (χ4v) is 2.46. The number of fused-ring (bicyclic) bond motifs is 1. The van der Waals surface area contributed by atoms with Crippen LogP contribution in [0.15, 0.2) is 17.5 Å². The van der Waals surface area contributed by atoms with Gasteiger partial charge in [0.25, 0.3) is 0 Å². The van der Waals surface area contributed by atoms with E-state index in [0.717, 1.165) is 10.1 Å². The second kappa shape index (κ2) is 3.31. The normalized spacial score (nSPS) is 9.64. The summed E-state index contributed by atoms with van der Waals surface area (Å²) in [4.78, 5) is 0. The third-order valence-electron chi connectivity index (χ3n) is 1.92. The summed E-state index contributed by atoms with van der Waals surface area (Å²) in [7, 11) is 0. The van der Waals surface area contributed by atoms with E-state index in [1.165, 1.54) is 11.3 Å². The molecule has 2 rings (SSSR count). The summed E-state index contributed by atoms with van der Waals surface area (Å²) < 4.78 is 0.863. The van der Waals surface area contributed by atoms with Crippen LogP contribution in [0.1, 0.15) is 11.1 Å². The largest absolute Gasteiger partial charge is 0.192 e. The molecule has 0 fully saturated rings. The zero-order valence-electron chi connectivity index (χ0n) is 6.91. The fourth-order valence-electron chi connectivity index (χ4n) is 1.31. The van der Waals surface area contributed by atoms with E-state index in [1.54, 1.807) is 6.07 Å². The molecule has 0 amide bonds. The summed E-state index contributed by atoms with van der Waals surface area (Å²) in [5.41, 5.74) is 0.747. The van der Waals surface area contributed by atoms with Crippen molar-refractivity contribution in [3.05, 3.63) is 33.7 Å². The van der Waals surface area contributed by atoms with Gasteiger partial charge in [0.15, 0.2) is 0 Å². The van der Waals surface area contributed by atoms with Crippen molar-refractivity contribution in [3.8, 4) is 12.1 Å². The molecule has 0 unspecified atom stereocenters. The molecule has 0 aliphatic rings. The molecule has 0 N–H and O–H groups in total. The molecule has 1 aromatic heterocycles. The van der Waals surface area contributed by atoms with E-state index in [4.69, 9.17) is 22.1 Å². The Labute approximate surface area is 89.6 Å². The Bertz CT molecular complexity index is 586. The monoisotopic (exact) mass is 218 g/mol. The summed E-state index contributed by atoms with van der Waals surface area (Å²) in [6, 6.07) is 7.35. The Hall–Kier alpha value is -1.55. The molecule has 0 atom stereocenters. The Morgan fingerprint density at radius 1 is 1.29 bits per heavy atom. The molecule has 0 radical (unpaired) electrons. The fraction of sp³-hybridized carbons (Fsp3) is 0. The van der Waals surface area contributed by atoms with Crippen LogP contribution in [0, 0.1) is 22.7 Å². The Morgan fingerprint density at radius 3 is 2.71 bits per heavy atom. The Kier molecular flexibility index (Phi) is 2.13. The second-order valence-corrected chi connectivity index (χ2v) is 3.99. The highest BCUT2D eigenvalue weighted by Gasteiger charge is 2.11. The highest BCUT2D eigenvalue weighted by molar-refractivity contribution is 7.17. The van der Waals surface area contributed by atoms with E-state index in [0.29, 0.717) is 16.1 Å². The maximum atomic E-state index is 8.92. The van der Waals surface area contributed by atoms with E-state index >= 15 is 0 Å². The maximum Gasteiger partial charge on any atom is 0.101 e. The van der Waals surface area contributed by atoms with Crippen LogP contribution in [0.5, 0.6) is 0 Å². The molecule has 14 heavy (non-hydrogen) atoms. The van der Waals surface area contributed by atoms with Crippen molar-refractivity contribution in [2.24, 2.45) is 0 Å². The van der Waals surface area contributed by atoms with Crippen molar-refractivity contribution in [1.29, 1.82) is 10.5 Å². The average Bonchev–Trinajstić information content (AvgIpc) is 2.66. The standard InChI is InChI=1S/C10H3ClN2S/c11-9-3-6(4-12)8(5-13)7-1-2-14-10(7)9/h1-3H. The first-order valence-electron chi connectivity index (χ1n) is 3.78. The molecule has 1 heterocycles. The van der Waals surface area contributed by atoms with Gasteiger partial charge in [0.05, 0.1) is 20.8 Å². The molecule has 0 spiro atoms. The Morgan fingerprint density at radius 2 is 2.07 bits per heavy atom. The molecule has 0 aliphatic heterocycles. The van der Waals surface area contributed by atoms with Crippen LogP contribution in [0.4, 0.5) is 0 Å². The van der Waals surface area contributed by atoms with E-state index in [9.17, 15) is 0 Å². The minimum Gasteiger partial charge on any atom is -0.192 e. The number of rotatable bonds is 0. The van der Waals surface area contributed by atoms with Crippen LogP contribution in [0.25, 0.3) is 10.1 Å². The second-order valence-electron chi connectivity index (χ2n) is 2.67. The summed E-state index contributed by atoms with van der Waals surface area (Å²) >= 11 is 7.43. The highest BCUT2D eigenvalue weighted by Crippen LogP contribution is 2.33. The van der Waals surface area contributed by atoms with Gasteiger partial charge in [0.1, 0.15) is 12.1 Å². The van der Waals surface area contributed by atoms with Crippen molar-refractivity contribution in [2.45, 2.75) is 0 Å². The highest BCUT2D eigenvalue weighted by atomic mass is 35.5. The minimum atomic E-state index is 0.336. The summed E-state index contributed by atoms with van der Waals surface area (Å²) in [6.45, 7) is 0. The first-order chi connectivity index (χ1) is 6.77. The lowest BCUT2D eigenvalue weighted by Gasteiger charge is -1.98. The van der Waals surface area contributed by atoms with Gasteiger partial charge in [0, 0.05) is 5.39 Å². The van der Waals surface area contributed by atoms with Gasteiger partial charge in [-0.15, -0.1) is 11.3 Å². The number of nitrogens with zero attached hydrogens (tertiary/aromatic N) is 2. The van der Waals surface area contributed by atoms with Crippen molar-refractivity contribution < 1.29 is 0 Å². The molecule has 0 aliphatic carbocycles. The van der Waals surface area contributed by atoms with Gasteiger partial charge in [-0.05, 0) is 17.5 Å². The number of benzene rings is 1. The number of hydrogen-bond donors (Lipinski definition) is 0. The topological polar surface area (TPSA) is 47.6 Å². The molecule has 4 heteroatoms. The first-order valence-corrected chi connectivity index (χ1v) is 5.03. The SMILES string of the molecule is N#Cc1cc(Cl)c2sccc2c1C#N. The number of thiophene rings is 1. The quantitative estimate of drug-likeness (QED) is 0.681. The van der Waals surface area contributed by atoms with E-state index in [1.807, 2.05) is 23.6 Å². The molecule has 2 nitrogen and oxygen atoms in total. The van der Waals surface area contributed by atoms with Crippen LogP contribution < -0.4 is 0 Å². The first kappa shape index (κ1) is 9.02. The zero-order chi connectivity index (χ0) is 10.1. The zero-order valence-corrected chi connectivity index (χ0v) is 8.49. The summed E-state index contributed by atoms with van der Waals surface area (Å²) in [5.74, 6) is 0. The van der Waals surface area contributed by atoms with Crippen LogP contribution in [0.3, 0.4) is 0 Å². The molecular formula is C10H3ClN2S. The summed E-state index contributed by atoms with van der Waals surface area (Å²) in [5, 5.41) is 20.9. The number of hydrogen-bond acceptors (Lipinski definition) is 3. The smallest absolute Gasteiger partial charge is 0.101 e. The lowest BCUT2D eigenvalue weighted by Crippen LogP contribution is -1.84. The molecular weight excluding hydrogens is 216 g/mol. The maximum absolute atomic E-state index is 8.92. The van der Waals surface area contributed by atoms with Crippen molar-refractivity contribution >= 4 is 33.0 Å². The van der Waals surface area contributed by atoms with Gasteiger partial charge in [-0.2, -0.15) is 10.5 Å². The van der Waals surface area contributed by atoms with Gasteiger partial charge in [0.2, 0.25) is 0 Å². The van der Waals surface area contributed by atoms with Gasteiger partial charge in [-0.3, -0.25) is 0 Å². The van der Waals surface area contributed by atoms with Crippen LogP contribution in [0.2, 0.25) is 5.02 Å². The molecule has 1 aromatic carbocycles. The summed E-state index contributed by atoms with van der Waals surface area (Å²) in [6.07, 6.45) is 0. The lowest BCUT2D eigenvalue weighted by molar-refractivity contribution is 1.46. The van der Waals surface area contributed by atoms with Gasteiger partial charge >= 0.3 is 0 Å². The third kappa shape index (κ3) is 1.15. The van der Waals surface area contributed by atoms with Crippen LogP contribution in [-0.2, 0) is 0 Å². The van der Waals surface area contributed by atoms with E-state index < -0.39 is 0 Å². The number of halogens is 1. The molecule has 0 saturated heterocycles. The Balaban J connectivity index is 3.00. The molecule has 0 bridgehead atoms. The number of nitriles is 2. The van der Waals surface area contributed by atoms with Gasteiger partial charge in [-0.25, -0.2) is 0 Å². The molecule has 0 saturated carbocycles. The van der Waals surface area contributed by atoms with Gasteiger partial charge in [-0.1, -0.05) is 11.6 Å². The van der Waals surface area contributed by atoms with E-state index in [2.05, 4.69) is 0 Å². The van der Waals surface area contributed by atoms with Crippen LogP contribution in [-0.4, -0.2) is 0 Å². The molecule has 2 aromatic rings. The van der Waals surface area contributed by atoms with Crippen LogP contribution >= 0.6 is 22.9 Å².